The van der Waals surface area contributed by atoms with E-state index in [2.05, 4.69) is 15.6 Å². The second-order valence-electron chi connectivity index (χ2n) is 5.84. The van der Waals surface area contributed by atoms with Crippen molar-refractivity contribution >= 4 is 17.8 Å². The van der Waals surface area contributed by atoms with Crippen molar-refractivity contribution in [2.45, 2.75) is 6.92 Å². The van der Waals surface area contributed by atoms with Gasteiger partial charge in [-0.15, -0.1) is 0 Å². The van der Waals surface area contributed by atoms with E-state index >= 15 is 0 Å². The van der Waals surface area contributed by atoms with Crippen molar-refractivity contribution in [2.24, 2.45) is 12.2 Å². The largest absolute Gasteiger partial charge is 0.399 e. The summed E-state index contributed by atoms with van der Waals surface area (Å²) in [4.78, 5) is 17.3. The number of oxime groups is 1. The quantitative estimate of drug-likeness (QED) is 0.565. The minimum Gasteiger partial charge on any atom is -0.399 e. The molecule has 0 bridgehead atoms. The monoisotopic (exact) mass is 348 g/mol. The Morgan fingerprint density at radius 2 is 1.92 bits per heavy atom. The number of carbonyl (C=O) groups is 1. The van der Waals surface area contributed by atoms with Gasteiger partial charge in [0.05, 0.1) is 17.5 Å². The first-order chi connectivity index (χ1) is 12.6. The van der Waals surface area contributed by atoms with Crippen LogP contribution < -0.4 is 5.32 Å². The summed E-state index contributed by atoms with van der Waals surface area (Å²) in [5.74, 6) is -0.174. The Kier molecular flexibility index (Phi) is 5.12. The van der Waals surface area contributed by atoms with Crippen molar-refractivity contribution in [1.82, 2.24) is 9.78 Å². The van der Waals surface area contributed by atoms with Crippen LogP contribution in [-0.2, 0) is 11.9 Å². The van der Waals surface area contributed by atoms with Gasteiger partial charge in [-0.25, -0.2) is 0 Å². The van der Waals surface area contributed by atoms with Crippen molar-refractivity contribution in [3.63, 3.8) is 0 Å². The highest BCUT2D eigenvalue weighted by Gasteiger charge is 2.14. The van der Waals surface area contributed by atoms with Crippen LogP contribution in [0, 0.1) is 6.92 Å². The van der Waals surface area contributed by atoms with Gasteiger partial charge in [0.2, 0.25) is 0 Å². The standard InChI is InChI=1S/C20H20N4O2/c1-14-18(13-24(2)23-14)20(25)22-19-7-5-4-6-17(19)16-10-8-15(9-11-16)12-21-26-3/h4-13H,1-3H3,(H,22,25)/b21-12-. The fourth-order valence-electron chi connectivity index (χ4n) is 2.72. The maximum Gasteiger partial charge on any atom is 0.259 e. The summed E-state index contributed by atoms with van der Waals surface area (Å²) in [6, 6.07) is 15.6. The topological polar surface area (TPSA) is 68.5 Å². The number of anilines is 1. The van der Waals surface area contributed by atoms with Gasteiger partial charge in [0.1, 0.15) is 7.11 Å². The number of aromatic nitrogens is 2. The summed E-state index contributed by atoms with van der Waals surface area (Å²) in [5, 5.41) is 11.0. The van der Waals surface area contributed by atoms with Crippen molar-refractivity contribution in [2.75, 3.05) is 12.4 Å². The number of nitrogens with one attached hydrogen (secondary N) is 1. The Bertz CT molecular complexity index is 943. The van der Waals surface area contributed by atoms with Crippen LogP contribution in [-0.4, -0.2) is 29.0 Å². The molecule has 0 saturated heterocycles. The summed E-state index contributed by atoms with van der Waals surface area (Å²) in [6.45, 7) is 1.82. The van der Waals surface area contributed by atoms with E-state index in [1.54, 1.807) is 24.1 Å². The highest BCUT2D eigenvalue weighted by Crippen LogP contribution is 2.28. The van der Waals surface area contributed by atoms with Gasteiger partial charge >= 0.3 is 0 Å². The third kappa shape index (κ3) is 3.80. The van der Waals surface area contributed by atoms with E-state index in [0.29, 0.717) is 11.3 Å². The lowest BCUT2D eigenvalue weighted by Crippen LogP contribution is -2.13. The van der Waals surface area contributed by atoms with Crippen LogP contribution in [0.4, 0.5) is 5.69 Å². The van der Waals surface area contributed by atoms with Crippen LogP contribution in [0.1, 0.15) is 21.6 Å². The van der Waals surface area contributed by atoms with Gasteiger partial charge < -0.3 is 10.2 Å². The molecular formula is C20H20N4O2. The number of para-hydroxylation sites is 1. The van der Waals surface area contributed by atoms with Gasteiger partial charge in [0.25, 0.3) is 5.91 Å². The van der Waals surface area contributed by atoms with Gasteiger partial charge in [0.15, 0.2) is 0 Å². The molecule has 6 nitrogen and oxygen atoms in total. The van der Waals surface area contributed by atoms with E-state index < -0.39 is 0 Å². The average molecular weight is 348 g/mol. The lowest BCUT2D eigenvalue weighted by atomic mass is 10.0. The molecule has 0 fully saturated rings. The van der Waals surface area contributed by atoms with Crippen LogP contribution in [0.3, 0.4) is 0 Å². The molecule has 0 aliphatic carbocycles. The third-order valence-corrected chi connectivity index (χ3v) is 3.96. The predicted molar refractivity (Wildman–Crippen MR) is 102 cm³/mol. The average Bonchev–Trinajstić information content (AvgIpc) is 2.99. The lowest BCUT2D eigenvalue weighted by molar-refractivity contribution is 0.102. The maximum atomic E-state index is 12.6. The predicted octanol–water partition coefficient (Wildman–Crippen LogP) is 3.63. The second kappa shape index (κ2) is 7.65. The summed E-state index contributed by atoms with van der Waals surface area (Å²) in [5.41, 5.74) is 4.89. The van der Waals surface area contributed by atoms with E-state index in [1.807, 2.05) is 55.5 Å². The molecule has 0 saturated carbocycles. The smallest absolute Gasteiger partial charge is 0.259 e. The molecule has 1 N–H and O–H groups in total. The van der Waals surface area contributed by atoms with E-state index in [9.17, 15) is 4.79 Å². The lowest BCUT2D eigenvalue weighted by Gasteiger charge is -2.11. The minimum absolute atomic E-state index is 0.174. The van der Waals surface area contributed by atoms with Gasteiger partial charge in [-0.1, -0.05) is 47.6 Å². The molecule has 0 unspecified atom stereocenters. The molecule has 2 aromatic carbocycles. The summed E-state index contributed by atoms with van der Waals surface area (Å²) in [7, 11) is 3.31. The molecule has 0 atom stereocenters. The zero-order valence-corrected chi connectivity index (χ0v) is 14.9. The normalized spacial score (nSPS) is 10.9. The molecule has 6 heteroatoms. The van der Waals surface area contributed by atoms with Gasteiger partial charge in [-0.2, -0.15) is 5.10 Å². The van der Waals surface area contributed by atoms with E-state index in [-0.39, 0.29) is 5.91 Å². The number of hydrogen-bond acceptors (Lipinski definition) is 4. The summed E-state index contributed by atoms with van der Waals surface area (Å²) >= 11 is 0. The van der Waals surface area contributed by atoms with Gasteiger partial charge in [-0.05, 0) is 24.1 Å². The first kappa shape index (κ1) is 17.4. The van der Waals surface area contributed by atoms with Crippen molar-refractivity contribution in [3.05, 3.63) is 71.5 Å². The number of hydrogen-bond donors (Lipinski definition) is 1. The number of rotatable bonds is 5. The first-order valence-corrected chi connectivity index (χ1v) is 8.16. The van der Waals surface area contributed by atoms with Crippen molar-refractivity contribution in [3.8, 4) is 11.1 Å². The SMILES string of the molecule is CO/N=C\c1ccc(-c2ccccc2NC(=O)c2cn(C)nc2C)cc1. The summed E-state index contributed by atoms with van der Waals surface area (Å²) < 4.78 is 1.64. The van der Waals surface area contributed by atoms with Crippen LogP contribution in [0.5, 0.6) is 0 Å². The molecule has 3 rings (SSSR count). The Morgan fingerprint density at radius 1 is 1.19 bits per heavy atom. The zero-order valence-electron chi connectivity index (χ0n) is 14.9. The van der Waals surface area contributed by atoms with Gasteiger partial charge in [-0.3, -0.25) is 9.48 Å². The van der Waals surface area contributed by atoms with E-state index in [0.717, 1.165) is 22.4 Å². The zero-order chi connectivity index (χ0) is 18.5. The van der Waals surface area contributed by atoms with Crippen LogP contribution in [0.15, 0.2) is 59.9 Å². The van der Waals surface area contributed by atoms with Crippen LogP contribution in [0.25, 0.3) is 11.1 Å². The molecule has 3 aromatic rings. The fourth-order valence-corrected chi connectivity index (χ4v) is 2.72. The molecular weight excluding hydrogens is 328 g/mol. The molecule has 0 aliphatic rings. The Hall–Kier alpha value is -3.41. The van der Waals surface area contributed by atoms with E-state index in [4.69, 9.17) is 4.84 Å². The molecule has 1 heterocycles. The molecule has 0 spiro atoms. The van der Waals surface area contributed by atoms with Crippen LogP contribution in [0.2, 0.25) is 0 Å². The molecule has 1 amide bonds. The first-order valence-electron chi connectivity index (χ1n) is 8.16. The molecule has 132 valence electrons. The molecule has 0 aliphatic heterocycles. The Morgan fingerprint density at radius 3 is 2.58 bits per heavy atom. The highest BCUT2D eigenvalue weighted by atomic mass is 16.6. The van der Waals surface area contributed by atoms with E-state index in [1.165, 1.54) is 7.11 Å². The number of carbonyl (C=O) groups excluding carboxylic acids is 1. The minimum atomic E-state index is -0.174. The third-order valence-electron chi connectivity index (χ3n) is 3.96. The van der Waals surface area contributed by atoms with Crippen LogP contribution >= 0.6 is 0 Å². The van der Waals surface area contributed by atoms with Crippen molar-refractivity contribution < 1.29 is 9.63 Å². The maximum absolute atomic E-state index is 12.6. The highest BCUT2D eigenvalue weighted by molar-refractivity contribution is 6.06. The molecule has 0 radical (unpaired) electrons. The number of aryl methyl sites for hydroxylation is 2. The molecule has 1 aromatic heterocycles. The second-order valence-corrected chi connectivity index (χ2v) is 5.84. The van der Waals surface area contributed by atoms with Gasteiger partial charge in [0, 0.05) is 24.5 Å². The fraction of sp³-hybridized carbons (Fsp3) is 0.150. The number of amides is 1. The Labute approximate surface area is 152 Å². The Balaban J connectivity index is 1.87. The number of benzene rings is 2. The molecule has 26 heavy (non-hydrogen) atoms. The number of nitrogens with zero attached hydrogens (tertiary/aromatic N) is 3. The van der Waals surface area contributed by atoms with Crippen molar-refractivity contribution in [1.29, 1.82) is 0 Å². The summed E-state index contributed by atoms with van der Waals surface area (Å²) in [6.07, 6.45) is 3.36.